The molecule has 5 heteroatoms. The van der Waals surface area contributed by atoms with Crippen molar-refractivity contribution in [3.8, 4) is 0 Å². The summed E-state index contributed by atoms with van der Waals surface area (Å²) < 4.78 is 0. The lowest BCUT2D eigenvalue weighted by molar-refractivity contribution is -0.132. The van der Waals surface area contributed by atoms with E-state index in [2.05, 4.69) is 5.32 Å². The van der Waals surface area contributed by atoms with E-state index in [1.54, 1.807) is 4.90 Å². The number of hydrogen-bond acceptors (Lipinski definition) is 3. The molecule has 1 rings (SSSR count). The number of rotatable bonds is 4. The molecule has 5 nitrogen and oxygen atoms in total. The molecule has 1 atom stereocenters. The minimum atomic E-state index is -0.122. The van der Waals surface area contributed by atoms with Crippen molar-refractivity contribution in [1.82, 2.24) is 10.2 Å². The van der Waals surface area contributed by atoms with Crippen LogP contribution in [0.3, 0.4) is 0 Å². The predicted molar refractivity (Wildman–Crippen MR) is 55.1 cm³/mol. The monoisotopic (exact) mass is 214 g/mol. The second-order valence-electron chi connectivity index (χ2n) is 3.80. The van der Waals surface area contributed by atoms with Crippen LogP contribution in [-0.4, -0.2) is 47.6 Å². The summed E-state index contributed by atoms with van der Waals surface area (Å²) in [5.74, 6) is -0.108. The van der Waals surface area contributed by atoms with Gasteiger partial charge in [0.2, 0.25) is 11.8 Å². The second kappa shape index (κ2) is 5.70. The van der Waals surface area contributed by atoms with Gasteiger partial charge in [-0.1, -0.05) is 0 Å². The van der Waals surface area contributed by atoms with E-state index in [4.69, 9.17) is 5.11 Å². The molecule has 0 aliphatic carbocycles. The van der Waals surface area contributed by atoms with E-state index in [9.17, 15) is 9.59 Å². The third kappa shape index (κ3) is 3.51. The van der Waals surface area contributed by atoms with Gasteiger partial charge in [-0.15, -0.1) is 0 Å². The van der Waals surface area contributed by atoms with Gasteiger partial charge in [-0.2, -0.15) is 0 Å². The molecule has 86 valence electrons. The number of carbonyl (C=O) groups excluding carboxylic acids is 2. The van der Waals surface area contributed by atoms with Crippen LogP contribution in [-0.2, 0) is 9.59 Å². The van der Waals surface area contributed by atoms with E-state index in [0.717, 1.165) is 19.4 Å². The zero-order chi connectivity index (χ0) is 11.3. The highest BCUT2D eigenvalue weighted by atomic mass is 16.3. The first-order valence-electron chi connectivity index (χ1n) is 5.30. The van der Waals surface area contributed by atoms with Crippen LogP contribution in [0.1, 0.15) is 26.2 Å². The number of aliphatic hydroxyl groups is 1. The SMILES string of the molecule is CC(=O)NCCC(=O)N1CCC[C@@H]1CO. The van der Waals surface area contributed by atoms with E-state index < -0.39 is 0 Å². The average molecular weight is 214 g/mol. The largest absolute Gasteiger partial charge is 0.394 e. The lowest BCUT2D eigenvalue weighted by Crippen LogP contribution is -2.39. The van der Waals surface area contributed by atoms with Crippen molar-refractivity contribution in [2.24, 2.45) is 0 Å². The molecule has 1 fully saturated rings. The van der Waals surface area contributed by atoms with E-state index in [-0.39, 0.29) is 24.5 Å². The molecule has 0 bridgehead atoms. The van der Waals surface area contributed by atoms with Gasteiger partial charge in [-0.05, 0) is 12.8 Å². The average Bonchev–Trinajstić information content (AvgIpc) is 2.64. The van der Waals surface area contributed by atoms with Crippen molar-refractivity contribution in [3.63, 3.8) is 0 Å². The first kappa shape index (κ1) is 12.0. The summed E-state index contributed by atoms with van der Waals surface area (Å²) >= 11 is 0. The molecule has 0 radical (unpaired) electrons. The summed E-state index contributed by atoms with van der Waals surface area (Å²) in [6.07, 6.45) is 2.15. The van der Waals surface area contributed by atoms with Crippen molar-refractivity contribution in [2.45, 2.75) is 32.2 Å². The Morgan fingerprint density at radius 1 is 1.53 bits per heavy atom. The van der Waals surface area contributed by atoms with Crippen LogP contribution in [0.15, 0.2) is 0 Å². The van der Waals surface area contributed by atoms with Crippen molar-refractivity contribution in [2.75, 3.05) is 19.7 Å². The molecule has 0 aromatic rings. The van der Waals surface area contributed by atoms with Gasteiger partial charge in [0.15, 0.2) is 0 Å². The van der Waals surface area contributed by atoms with E-state index in [1.165, 1.54) is 6.92 Å². The Balaban J connectivity index is 2.29. The van der Waals surface area contributed by atoms with Crippen LogP contribution in [0.2, 0.25) is 0 Å². The van der Waals surface area contributed by atoms with E-state index in [0.29, 0.717) is 13.0 Å². The Morgan fingerprint density at radius 2 is 2.27 bits per heavy atom. The lowest BCUT2D eigenvalue weighted by Gasteiger charge is -2.22. The van der Waals surface area contributed by atoms with Gasteiger partial charge in [0.1, 0.15) is 0 Å². The fraction of sp³-hybridized carbons (Fsp3) is 0.800. The highest BCUT2D eigenvalue weighted by Crippen LogP contribution is 2.17. The Bertz CT molecular complexity index is 243. The number of likely N-dealkylation sites (tertiary alicyclic amines) is 1. The third-order valence-corrected chi connectivity index (χ3v) is 2.62. The molecule has 0 saturated carbocycles. The summed E-state index contributed by atoms with van der Waals surface area (Å²) in [7, 11) is 0. The van der Waals surface area contributed by atoms with Gasteiger partial charge < -0.3 is 15.3 Å². The number of hydrogen-bond donors (Lipinski definition) is 2. The number of amides is 2. The molecule has 1 aliphatic heterocycles. The molecule has 2 N–H and O–H groups in total. The van der Waals surface area contributed by atoms with Crippen molar-refractivity contribution >= 4 is 11.8 Å². The Kier molecular flexibility index (Phi) is 4.55. The van der Waals surface area contributed by atoms with Gasteiger partial charge in [0.25, 0.3) is 0 Å². The van der Waals surface area contributed by atoms with Gasteiger partial charge >= 0.3 is 0 Å². The van der Waals surface area contributed by atoms with Gasteiger partial charge in [0.05, 0.1) is 12.6 Å². The zero-order valence-electron chi connectivity index (χ0n) is 9.03. The number of aliphatic hydroxyl groups excluding tert-OH is 1. The standard InChI is InChI=1S/C10H18N2O3/c1-8(14)11-5-4-10(15)12-6-2-3-9(12)7-13/h9,13H,2-7H2,1H3,(H,11,14)/t9-/m1/s1. The smallest absolute Gasteiger partial charge is 0.224 e. The van der Waals surface area contributed by atoms with Crippen molar-refractivity contribution in [3.05, 3.63) is 0 Å². The molecule has 1 heterocycles. The Morgan fingerprint density at radius 3 is 2.87 bits per heavy atom. The van der Waals surface area contributed by atoms with Crippen molar-refractivity contribution < 1.29 is 14.7 Å². The zero-order valence-corrected chi connectivity index (χ0v) is 9.03. The number of nitrogens with zero attached hydrogens (tertiary/aromatic N) is 1. The molecule has 0 aromatic heterocycles. The fourth-order valence-electron chi connectivity index (χ4n) is 1.84. The highest BCUT2D eigenvalue weighted by Gasteiger charge is 2.27. The lowest BCUT2D eigenvalue weighted by atomic mass is 10.2. The molecular formula is C10H18N2O3. The van der Waals surface area contributed by atoms with Crippen LogP contribution in [0.25, 0.3) is 0 Å². The Hall–Kier alpha value is -1.10. The molecule has 1 saturated heterocycles. The summed E-state index contributed by atoms with van der Waals surface area (Å²) in [5.41, 5.74) is 0. The molecular weight excluding hydrogens is 196 g/mol. The molecule has 15 heavy (non-hydrogen) atoms. The van der Waals surface area contributed by atoms with Crippen LogP contribution in [0, 0.1) is 0 Å². The van der Waals surface area contributed by atoms with Gasteiger partial charge in [0, 0.05) is 26.4 Å². The number of carbonyl (C=O) groups is 2. The summed E-state index contributed by atoms with van der Waals surface area (Å²) in [6.45, 7) is 2.57. The van der Waals surface area contributed by atoms with Gasteiger partial charge in [-0.3, -0.25) is 9.59 Å². The quantitative estimate of drug-likeness (QED) is 0.662. The molecule has 0 aromatic carbocycles. The van der Waals surface area contributed by atoms with Crippen LogP contribution >= 0.6 is 0 Å². The van der Waals surface area contributed by atoms with Crippen LogP contribution < -0.4 is 5.32 Å². The maximum absolute atomic E-state index is 11.7. The van der Waals surface area contributed by atoms with E-state index in [1.807, 2.05) is 0 Å². The highest BCUT2D eigenvalue weighted by molar-refractivity contribution is 5.78. The third-order valence-electron chi connectivity index (χ3n) is 2.62. The molecule has 0 unspecified atom stereocenters. The first-order valence-corrected chi connectivity index (χ1v) is 5.30. The van der Waals surface area contributed by atoms with Crippen LogP contribution in [0.5, 0.6) is 0 Å². The molecule has 0 spiro atoms. The maximum Gasteiger partial charge on any atom is 0.224 e. The normalized spacial score (nSPS) is 20.4. The molecule has 1 aliphatic rings. The topological polar surface area (TPSA) is 69.6 Å². The van der Waals surface area contributed by atoms with Crippen molar-refractivity contribution in [1.29, 1.82) is 0 Å². The summed E-state index contributed by atoms with van der Waals surface area (Å²) in [5, 5.41) is 11.6. The molecule has 2 amide bonds. The second-order valence-corrected chi connectivity index (χ2v) is 3.80. The van der Waals surface area contributed by atoms with E-state index >= 15 is 0 Å². The minimum Gasteiger partial charge on any atom is -0.394 e. The fourth-order valence-corrected chi connectivity index (χ4v) is 1.84. The summed E-state index contributed by atoms with van der Waals surface area (Å²) in [4.78, 5) is 24.0. The minimum absolute atomic E-state index is 0.0142. The van der Waals surface area contributed by atoms with Gasteiger partial charge in [-0.25, -0.2) is 0 Å². The summed E-state index contributed by atoms with van der Waals surface area (Å²) in [6, 6.07) is -0.0187. The Labute approximate surface area is 89.4 Å². The number of nitrogens with one attached hydrogen (secondary N) is 1. The van der Waals surface area contributed by atoms with Crippen LogP contribution in [0.4, 0.5) is 0 Å². The predicted octanol–water partition coefficient (Wildman–Crippen LogP) is -0.504. The maximum atomic E-state index is 11.7. The first-order chi connectivity index (χ1) is 7.15.